The number of carbonyl (C=O) groups is 1. The van der Waals surface area contributed by atoms with Gasteiger partial charge < -0.3 is 10.4 Å². The van der Waals surface area contributed by atoms with Crippen LogP contribution in [0.25, 0.3) is 0 Å². The van der Waals surface area contributed by atoms with Crippen molar-refractivity contribution in [2.75, 3.05) is 11.9 Å². The normalized spacial score (nSPS) is 12.2. The predicted molar refractivity (Wildman–Crippen MR) is 66.1 cm³/mol. The van der Waals surface area contributed by atoms with Gasteiger partial charge in [0.2, 0.25) is 0 Å². The molecule has 0 bridgehead atoms. The van der Waals surface area contributed by atoms with Gasteiger partial charge in [-0.1, -0.05) is 13.8 Å². The molecular weight excluding hydrogens is 218 g/mol. The molecule has 5 heteroatoms. The highest BCUT2D eigenvalue weighted by atomic mass is 16.4. The summed E-state index contributed by atoms with van der Waals surface area (Å²) in [7, 11) is 0. The van der Waals surface area contributed by atoms with E-state index in [1.54, 1.807) is 0 Å². The molecule has 0 saturated carbocycles. The lowest BCUT2D eigenvalue weighted by Gasteiger charge is -2.11. The Labute approximate surface area is 101 Å². The number of rotatable bonds is 6. The number of carboxylic acids is 1. The Morgan fingerprint density at radius 2 is 2.24 bits per heavy atom. The summed E-state index contributed by atoms with van der Waals surface area (Å²) in [6.45, 7) is 6.39. The minimum Gasteiger partial charge on any atom is -0.481 e. The molecule has 1 aromatic rings. The number of aryl methyl sites for hydroxylation is 2. The highest BCUT2D eigenvalue weighted by molar-refractivity contribution is 5.67. The molecule has 5 nitrogen and oxygen atoms in total. The van der Waals surface area contributed by atoms with Crippen molar-refractivity contribution in [2.45, 2.75) is 33.6 Å². The van der Waals surface area contributed by atoms with Gasteiger partial charge in [-0.05, 0) is 19.3 Å². The van der Waals surface area contributed by atoms with Crippen molar-refractivity contribution in [3.63, 3.8) is 0 Å². The molecule has 0 aliphatic heterocycles. The molecule has 0 aliphatic carbocycles. The SMILES string of the molecule is CCc1cc(NCC(C)CC(=O)O)nc(C)n1. The number of hydrogen-bond donors (Lipinski definition) is 2. The van der Waals surface area contributed by atoms with Crippen LogP contribution in [-0.2, 0) is 11.2 Å². The van der Waals surface area contributed by atoms with Gasteiger partial charge in [0, 0.05) is 24.7 Å². The van der Waals surface area contributed by atoms with Crippen LogP contribution in [0.1, 0.15) is 31.8 Å². The van der Waals surface area contributed by atoms with Crippen LogP contribution in [0, 0.1) is 12.8 Å². The van der Waals surface area contributed by atoms with Crippen molar-refractivity contribution in [1.82, 2.24) is 9.97 Å². The van der Waals surface area contributed by atoms with E-state index < -0.39 is 5.97 Å². The standard InChI is InChI=1S/C12H19N3O2/c1-4-10-6-11(15-9(3)14-10)13-7-8(2)5-12(16)17/h6,8H,4-5,7H2,1-3H3,(H,16,17)(H,13,14,15). The first-order valence-corrected chi connectivity index (χ1v) is 5.81. The number of aromatic nitrogens is 2. The Kier molecular flexibility index (Phi) is 4.87. The van der Waals surface area contributed by atoms with E-state index in [4.69, 9.17) is 5.11 Å². The summed E-state index contributed by atoms with van der Waals surface area (Å²) >= 11 is 0. The molecule has 1 heterocycles. The van der Waals surface area contributed by atoms with Crippen LogP contribution in [0.3, 0.4) is 0 Å². The molecule has 17 heavy (non-hydrogen) atoms. The second-order valence-electron chi connectivity index (χ2n) is 4.23. The average Bonchev–Trinajstić information content (AvgIpc) is 2.24. The summed E-state index contributed by atoms with van der Waals surface area (Å²) < 4.78 is 0. The van der Waals surface area contributed by atoms with E-state index in [1.807, 2.05) is 26.8 Å². The van der Waals surface area contributed by atoms with Crippen molar-refractivity contribution in [3.8, 4) is 0 Å². The first-order chi connectivity index (χ1) is 8.01. The summed E-state index contributed by atoms with van der Waals surface area (Å²) in [6, 6.07) is 1.90. The van der Waals surface area contributed by atoms with Gasteiger partial charge in [0.15, 0.2) is 0 Å². The zero-order chi connectivity index (χ0) is 12.8. The highest BCUT2D eigenvalue weighted by Gasteiger charge is 2.08. The third kappa shape index (κ3) is 4.80. The van der Waals surface area contributed by atoms with Gasteiger partial charge in [-0.25, -0.2) is 9.97 Å². The minimum atomic E-state index is -0.771. The molecule has 0 saturated heterocycles. The van der Waals surface area contributed by atoms with Gasteiger partial charge in [0.05, 0.1) is 0 Å². The summed E-state index contributed by atoms with van der Waals surface area (Å²) in [5.41, 5.74) is 0.992. The summed E-state index contributed by atoms with van der Waals surface area (Å²) in [5, 5.41) is 11.8. The number of hydrogen-bond acceptors (Lipinski definition) is 4. The van der Waals surface area contributed by atoms with Gasteiger partial charge in [-0.3, -0.25) is 4.79 Å². The van der Waals surface area contributed by atoms with Crippen molar-refractivity contribution in [1.29, 1.82) is 0 Å². The minimum absolute atomic E-state index is 0.0767. The molecule has 2 N–H and O–H groups in total. The molecular formula is C12H19N3O2. The van der Waals surface area contributed by atoms with Crippen LogP contribution in [0.15, 0.2) is 6.07 Å². The third-order valence-electron chi connectivity index (χ3n) is 2.41. The second-order valence-corrected chi connectivity index (χ2v) is 4.23. The highest BCUT2D eigenvalue weighted by Crippen LogP contribution is 2.09. The molecule has 0 aliphatic rings. The van der Waals surface area contributed by atoms with Gasteiger partial charge in [0.25, 0.3) is 0 Å². The van der Waals surface area contributed by atoms with Crippen LogP contribution in [0.5, 0.6) is 0 Å². The Morgan fingerprint density at radius 3 is 2.82 bits per heavy atom. The number of aliphatic carboxylic acids is 1. The molecule has 1 rings (SSSR count). The zero-order valence-electron chi connectivity index (χ0n) is 10.5. The lowest BCUT2D eigenvalue weighted by atomic mass is 10.1. The van der Waals surface area contributed by atoms with Gasteiger partial charge in [-0.15, -0.1) is 0 Å². The lowest BCUT2D eigenvalue weighted by Crippen LogP contribution is -2.16. The van der Waals surface area contributed by atoms with Crippen molar-refractivity contribution in [2.24, 2.45) is 5.92 Å². The van der Waals surface area contributed by atoms with Crippen molar-refractivity contribution < 1.29 is 9.90 Å². The Hall–Kier alpha value is -1.65. The molecule has 1 atom stereocenters. The van der Waals surface area contributed by atoms with E-state index >= 15 is 0 Å². The van der Waals surface area contributed by atoms with E-state index in [2.05, 4.69) is 15.3 Å². The lowest BCUT2D eigenvalue weighted by molar-refractivity contribution is -0.137. The summed E-state index contributed by atoms with van der Waals surface area (Å²) in [4.78, 5) is 19.1. The first-order valence-electron chi connectivity index (χ1n) is 5.81. The molecule has 1 unspecified atom stereocenters. The number of nitrogens with zero attached hydrogens (tertiary/aromatic N) is 2. The maximum atomic E-state index is 10.5. The predicted octanol–water partition coefficient (Wildman–Crippen LogP) is 1.87. The maximum absolute atomic E-state index is 10.5. The Bertz CT molecular complexity index is 393. The number of anilines is 1. The average molecular weight is 237 g/mol. The Balaban J connectivity index is 2.56. The molecule has 0 amide bonds. The van der Waals surface area contributed by atoms with E-state index in [1.165, 1.54) is 0 Å². The second kappa shape index (κ2) is 6.18. The van der Waals surface area contributed by atoms with Gasteiger partial charge >= 0.3 is 5.97 Å². The number of carboxylic acid groups (broad SMARTS) is 1. The van der Waals surface area contributed by atoms with E-state index in [9.17, 15) is 4.79 Å². The quantitative estimate of drug-likeness (QED) is 0.790. The summed E-state index contributed by atoms with van der Waals surface area (Å²) in [5.74, 6) is 0.810. The largest absolute Gasteiger partial charge is 0.481 e. The fourth-order valence-corrected chi connectivity index (χ4v) is 1.55. The Morgan fingerprint density at radius 1 is 1.53 bits per heavy atom. The number of nitrogens with one attached hydrogen (secondary N) is 1. The van der Waals surface area contributed by atoms with E-state index in [0.29, 0.717) is 6.54 Å². The van der Waals surface area contributed by atoms with Crippen LogP contribution in [0.2, 0.25) is 0 Å². The van der Waals surface area contributed by atoms with Gasteiger partial charge in [0.1, 0.15) is 11.6 Å². The van der Waals surface area contributed by atoms with Crippen LogP contribution in [-0.4, -0.2) is 27.6 Å². The summed E-state index contributed by atoms with van der Waals surface area (Å²) in [6.07, 6.45) is 1.03. The van der Waals surface area contributed by atoms with Crippen molar-refractivity contribution >= 4 is 11.8 Å². The monoisotopic (exact) mass is 237 g/mol. The molecule has 0 spiro atoms. The zero-order valence-corrected chi connectivity index (χ0v) is 10.5. The van der Waals surface area contributed by atoms with Crippen LogP contribution >= 0.6 is 0 Å². The first kappa shape index (κ1) is 13.4. The smallest absolute Gasteiger partial charge is 0.303 e. The fourth-order valence-electron chi connectivity index (χ4n) is 1.55. The topological polar surface area (TPSA) is 75.1 Å². The van der Waals surface area contributed by atoms with E-state index in [0.717, 1.165) is 23.8 Å². The van der Waals surface area contributed by atoms with Crippen molar-refractivity contribution in [3.05, 3.63) is 17.6 Å². The molecule has 0 fully saturated rings. The molecule has 0 radical (unpaired) electrons. The third-order valence-corrected chi connectivity index (χ3v) is 2.41. The molecule has 94 valence electrons. The fraction of sp³-hybridized carbons (Fsp3) is 0.583. The maximum Gasteiger partial charge on any atom is 0.303 e. The molecule has 0 aromatic carbocycles. The van der Waals surface area contributed by atoms with E-state index in [-0.39, 0.29) is 12.3 Å². The molecule has 1 aromatic heterocycles. The van der Waals surface area contributed by atoms with Gasteiger partial charge in [-0.2, -0.15) is 0 Å². The van der Waals surface area contributed by atoms with Crippen LogP contribution in [0.4, 0.5) is 5.82 Å². The van der Waals surface area contributed by atoms with Crippen LogP contribution < -0.4 is 5.32 Å².